The summed E-state index contributed by atoms with van der Waals surface area (Å²) < 4.78 is 27.0. The normalized spacial score (nSPS) is 11.6. The van der Waals surface area contributed by atoms with E-state index >= 15 is 0 Å². The molecule has 7 heteroatoms. The van der Waals surface area contributed by atoms with Crippen molar-refractivity contribution in [3.8, 4) is 11.1 Å². The molecule has 0 saturated carbocycles. The van der Waals surface area contributed by atoms with Gasteiger partial charge in [-0.3, -0.25) is 0 Å². The summed E-state index contributed by atoms with van der Waals surface area (Å²) in [6, 6.07) is 11.7. The fourth-order valence-corrected chi connectivity index (χ4v) is 3.83. The van der Waals surface area contributed by atoms with E-state index in [0.29, 0.717) is 29.4 Å². The molecular weight excluding hydrogens is 369 g/mol. The molecule has 2 rings (SSSR count). The third-order valence-corrected chi connectivity index (χ3v) is 5.56. The lowest BCUT2D eigenvalue weighted by atomic mass is 10.1. The van der Waals surface area contributed by atoms with Crippen molar-refractivity contribution in [1.29, 1.82) is 0 Å². The van der Waals surface area contributed by atoms with Crippen molar-refractivity contribution in [3.05, 3.63) is 52.5 Å². The summed E-state index contributed by atoms with van der Waals surface area (Å²) in [5, 5.41) is 9.77. The van der Waals surface area contributed by atoms with Gasteiger partial charge in [-0.25, -0.2) is 13.1 Å². The molecule has 130 valence electrons. The number of benzene rings is 2. The zero-order chi connectivity index (χ0) is 17.6. The summed E-state index contributed by atoms with van der Waals surface area (Å²) >= 11 is 12.1. The van der Waals surface area contributed by atoms with Crippen LogP contribution in [-0.2, 0) is 10.0 Å². The highest BCUT2D eigenvalue weighted by Crippen LogP contribution is 2.30. The van der Waals surface area contributed by atoms with Crippen LogP contribution < -0.4 is 4.72 Å². The van der Waals surface area contributed by atoms with Gasteiger partial charge < -0.3 is 5.11 Å². The Labute approximate surface area is 152 Å². The summed E-state index contributed by atoms with van der Waals surface area (Å²) in [4.78, 5) is 0.207. The highest BCUT2D eigenvalue weighted by Gasteiger charge is 2.13. The highest BCUT2D eigenvalue weighted by molar-refractivity contribution is 7.89. The van der Waals surface area contributed by atoms with Crippen molar-refractivity contribution in [1.82, 2.24) is 4.72 Å². The van der Waals surface area contributed by atoms with E-state index in [1.54, 1.807) is 42.5 Å². The fourth-order valence-electron chi connectivity index (χ4n) is 2.24. The number of rotatable bonds is 8. The average molecular weight is 388 g/mol. The molecule has 0 spiro atoms. The molecule has 4 nitrogen and oxygen atoms in total. The molecule has 0 saturated heterocycles. The van der Waals surface area contributed by atoms with Crippen molar-refractivity contribution in [2.24, 2.45) is 0 Å². The molecule has 0 aliphatic heterocycles. The first-order valence-electron chi connectivity index (χ1n) is 7.60. The van der Waals surface area contributed by atoms with Crippen LogP contribution in [0.2, 0.25) is 10.0 Å². The maximum atomic E-state index is 12.2. The van der Waals surface area contributed by atoms with Crippen molar-refractivity contribution < 1.29 is 13.5 Å². The molecule has 0 fully saturated rings. The van der Waals surface area contributed by atoms with Crippen LogP contribution in [0.4, 0.5) is 0 Å². The van der Waals surface area contributed by atoms with Crippen LogP contribution in [0.1, 0.15) is 19.3 Å². The van der Waals surface area contributed by atoms with E-state index in [4.69, 9.17) is 28.3 Å². The van der Waals surface area contributed by atoms with E-state index in [9.17, 15) is 8.42 Å². The number of hydrogen-bond donors (Lipinski definition) is 2. The largest absolute Gasteiger partial charge is 0.396 e. The highest BCUT2D eigenvalue weighted by atomic mass is 35.5. The minimum absolute atomic E-state index is 0.126. The molecule has 0 aromatic heterocycles. The van der Waals surface area contributed by atoms with Gasteiger partial charge in [0.1, 0.15) is 0 Å². The van der Waals surface area contributed by atoms with E-state index in [2.05, 4.69) is 4.72 Å². The Balaban J connectivity index is 2.08. The molecule has 2 aromatic carbocycles. The van der Waals surface area contributed by atoms with Crippen LogP contribution in [0.25, 0.3) is 11.1 Å². The van der Waals surface area contributed by atoms with Crippen LogP contribution in [-0.4, -0.2) is 26.7 Å². The van der Waals surface area contributed by atoms with Crippen LogP contribution in [0.3, 0.4) is 0 Å². The van der Waals surface area contributed by atoms with E-state index in [-0.39, 0.29) is 11.5 Å². The first kappa shape index (κ1) is 19.2. The maximum absolute atomic E-state index is 12.2. The van der Waals surface area contributed by atoms with Gasteiger partial charge in [0.25, 0.3) is 0 Å². The molecule has 0 radical (unpaired) electrons. The minimum Gasteiger partial charge on any atom is -0.396 e. The number of sulfonamides is 1. The predicted octanol–water partition coefficient (Wildman–Crippen LogP) is 4.10. The second-order valence-electron chi connectivity index (χ2n) is 5.33. The van der Waals surface area contributed by atoms with E-state index in [1.807, 2.05) is 0 Å². The molecule has 0 unspecified atom stereocenters. The SMILES string of the molecule is O=S(=O)(NCCCCCO)c1ccc(-c2ccc(Cl)cc2Cl)cc1. The Bertz CT molecular complexity index is 777. The van der Waals surface area contributed by atoms with Gasteiger partial charge in [-0.15, -0.1) is 0 Å². The molecule has 0 aliphatic rings. The zero-order valence-corrected chi connectivity index (χ0v) is 15.3. The number of halogens is 2. The van der Waals surface area contributed by atoms with Crippen LogP contribution in [0.15, 0.2) is 47.4 Å². The van der Waals surface area contributed by atoms with Gasteiger partial charge in [-0.1, -0.05) is 41.4 Å². The number of nitrogens with one attached hydrogen (secondary N) is 1. The van der Waals surface area contributed by atoms with Crippen molar-refractivity contribution in [2.75, 3.05) is 13.2 Å². The molecule has 0 heterocycles. The maximum Gasteiger partial charge on any atom is 0.240 e. The Hall–Kier alpha value is -1.11. The summed E-state index contributed by atoms with van der Waals surface area (Å²) in [6.07, 6.45) is 2.16. The lowest BCUT2D eigenvalue weighted by Crippen LogP contribution is -2.24. The van der Waals surface area contributed by atoms with Crippen molar-refractivity contribution in [2.45, 2.75) is 24.2 Å². The Morgan fingerprint density at radius 1 is 0.958 bits per heavy atom. The molecule has 2 aromatic rings. The van der Waals surface area contributed by atoms with Crippen LogP contribution >= 0.6 is 23.2 Å². The molecule has 24 heavy (non-hydrogen) atoms. The van der Waals surface area contributed by atoms with Gasteiger partial charge in [0.15, 0.2) is 0 Å². The van der Waals surface area contributed by atoms with E-state index in [1.165, 1.54) is 0 Å². The molecule has 0 amide bonds. The second-order valence-corrected chi connectivity index (χ2v) is 7.94. The molecular formula is C17H19Cl2NO3S. The van der Waals surface area contributed by atoms with Crippen LogP contribution in [0, 0.1) is 0 Å². The Morgan fingerprint density at radius 2 is 1.67 bits per heavy atom. The van der Waals surface area contributed by atoms with E-state index < -0.39 is 10.0 Å². The van der Waals surface area contributed by atoms with Gasteiger partial charge in [-0.05, 0) is 49.1 Å². The lowest BCUT2D eigenvalue weighted by molar-refractivity contribution is 0.283. The molecule has 0 atom stereocenters. The fraction of sp³-hybridized carbons (Fsp3) is 0.294. The van der Waals surface area contributed by atoms with Gasteiger partial charge >= 0.3 is 0 Å². The van der Waals surface area contributed by atoms with Gasteiger partial charge in [0, 0.05) is 28.8 Å². The first-order valence-corrected chi connectivity index (χ1v) is 9.84. The monoisotopic (exact) mass is 387 g/mol. The summed E-state index contributed by atoms with van der Waals surface area (Å²) in [7, 11) is -3.53. The third-order valence-electron chi connectivity index (χ3n) is 3.53. The summed E-state index contributed by atoms with van der Waals surface area (Å²) in [5.41, 5.74) is 1.61. The van der Waals surface area contributed by atoms with Gasteiger partial charge in [0.2, 0.25) is 10.0 Å². The minimum atomic E-state index is -3.53. The Morgan fingerprint density at radius 3 is 2.29 bits per heavy atom. The quantitative estimate of drug-likeness (QED) is 0.669. The Kier molecular flexibility index (Phi) is 7.07. The number of unbranched alkanes of at least 4 members (excludes halogenated alkanes) is 2. The smallest absolute Gasteiger partial charge is 0.240 e. The van der Waals surface area contributed by atoms with E-state index in [0.717, 1.165) is 17.5 Å². The average Bonchev–Trinajstić information content (AvgIpc) is 2.55. The molecule has 2 N–H and O–H groups in total. The van der Waals surface area contributed by atoms with Gasteiger partial charge in [-0.2, -0.15) is 0 Å². The summed E-state index contributed by atoms with van der Waals surface area (Å²) in [6.45, 7) is 0.481. The first-order chi connectivity index (χ1) is 11.4. The zero-order valence-electron chi connectivity index (χ0n) is 13.0. The lowest BCUT2D eigenvalue weighted by Gasteiger charge is -2.09. The predicted molar refractivity (Wildman–Crippen MR) is 98.0 cm³/mol. The third kappa shape index (κ3) is 5.19. The van der Waals surface area contributed by atoms with Crippen LogP contribution in [0.5, 0.6) is 0 Å². The standard InChI is InChI=1S/C17H19Cl2NO3S/c18-14-6-9-16(17(19)12-14)13-4-7-15(8-5-13)24(22,23)20-10-2-1-3-11-21/h4-9,12,20-21H,1-3,10-11H2. The second kappa shape index (κ2) is 8.83. The number of aliphatic hydroxyl groups is 1. The van der Waals surface area contributed by atoms with Crippen molar-refractivity contribution in [3.63, 3.8) is 0 Å². The number of hydrogen-bond acceptors (Lipinski definition) is 3. The molecule has 0 aliphatic carbocycles. The number of aliphatic hydroxyl groups excluding tert-OH is 1. The topological polar surface area (TPSA) is 66.4 Å². The summed E-state index contributed by atoms with van der Waals surface area (Å²) in [5.74, 6) is 0. The van der Waals surface area contributed by atoms with Gasteiger partial charge in [0.05, 0.1) is 4.90 Å². The van der Waals surface area contributed by atoms with Crippen molar-refractivity contribution >= 4 is 33.2 Å². The molecule has 0 bridgehead atoms.